The Balaban J connectivity index is 1.30. The van der Waals surface area contributed by atoms with Crippen LogP contribution in [0, 0.1) is 10.1 Å². The number of anilines is 1. The van der Waals surface area contributed by atoms with Crippen molar-refractivity contribution in [2.75, 3.05) is 38.5 Å². The molecule has 1 saturated heterocycles. The van der Waals surface area contributed by atoms with Gasteiger partial charge in [0.1, 0.15) is 5.69 Å². The van der Waals surface area contributed by atoms with E-state index in [1.807, 2.05) is 13.1 Å². The number of benzene rings is 2. The van der Waals surface area contributed by atoms with Crippen molar-refractivity contribution in [1.29, 1.82) is 0 Å². The Morgan fingerprint density at radius 3 is 2.44 bits per heavy atom. The Kier molecular flexibility index (Phi) is 7.21. The number of carbonyl (C=O) groups is 2. The van der Waals surface area contributed by atoms with Crippen molar-refractivity contribution < 1.29 is 14.5 Å². The molecular formula is C30H34N6O5. The third kappa shape index (κ3) is 5.54. The van der Waals surface area contributed by atoms with Crippen molar-refractivity contribution in [3.63, 3.8) is 0 Å². The fourth-order valence-corrected chi connectivity index (χ4v) is 6.07. The van der Waals surface area contributed by atoms with E-state index in [4.69, 9.17) is 0 Å². The Morgan fingerprint density at radius 2 is 1.71 bits per heavy atom. The summed E-state index contributed by atoms with van der Waals surface area (Å²) in [5, 5.41) is 19.4. The minimum Gasteiger partial charge on any atom is -0.374 e. The lowest BCUT2D eigenvalue weighted by molar-refractivity contribution is -0.384. The SMILES string of the molecule is CN1CCN(C(=O)c2cc(C3CC3)cc([N+](=O)[O-])c2N[C@@H]2CCC[C@@H]2NC(=O)c2cc(=O)[nH]c3ccccc23)CC1. The van der Waals surface area contributed by atoms with Gasteiger partial charge in [0.2, 0.25) is 5.56 Å². The number of piperazine rings is 1. The van der Waals surface area contributed by atoms with Gasteiger partial charge >= 0.3 is 0 Å². The Labute approximate surface area is 237 Å². The molecule has 0 unspecified atom stereocenters. The van der Waals surface area contributed by atoms with Gasteiger partial charge in [-0.3, -0.25) is 24.5 Å². The van der Waals surface area contributed by atoms with Crippen molar-refractivity contribution in [3.05, 3.63) is 79.6 Å². The number of carbonyl (C=O) groups excluding carboxylic acids is 2. The number of likely N-dealkylation sites (N-methyl/N-ethyl adjacent to an activating group) is 1. The number of hydrogen-bond donors (Lipinski definition) is 3. The zero-order valence-electron chi connectivity index (χ0n) is 23.0. The van der Waals surface area contributed by atoms with Crippen molar-refractivity contribution in [1.82, 2.24) is 20.1 Å². The second-order valence-corrected chi connectivity index (χ2v) is 11.4. The minimum atomic E-state index is -0.417. The maximum absolute atomic E-state index is 13.8. The molecule has 0 radical (unpaired) electrons. The molecule has 2 aliphatic carbocycles. The number of pyridine rings is 1. The molecule has 0 spiro atoms. The van der Waals surface area contributed by atoms with Crippen LogP contribution in [0.2, 0.25) is 0 Å². The number of amides is 2. The summed E-state index contributed by atoms with van der Waals surface area (Å²) in [4.78, 5) is 58.0. The molecular weight excluding hydrogens is 524 g/mol. The number of para-hydroxylation sites is 1. The molecule has 1 aliphatic heterocycles. The molecule has 3 aliphatic rings. The van der Waals surface area contributed by atoms with E-state index in [0.29, 0.717) is 42.4 Å². The van der Waals surface area contributed by atoms with Crippen LogP contribution >= 0.6 is 0 Å². The molecule has 3 aromatic rings. The van der Waals surface area contributed by atoms with Gasteiger partial charge in [-0.25, -0.2) is 0 Å². The molecule has 3 N–H and O–H groups in total. The van der Waals surface area contributed by atoms with Crippen LogP contribution in [0.1, 0.15) is 64.3 Å². The van der Waals surface area contributed by atoms with Gasteiger partial charge in [-0.05, 0) is 62.8 Å². The van der Waals surface area contributed by atoms with Crippen LogP contribution in [0.15, 0.2) is 47.3 Å². The predicted octanol–water partition coefficient (Wildman–Crippen LogP) is 3.46. The van der Waals surface area contributed by atoms with E-state index in [9.17, 15) is 24.5 Å². The molecule has 6 rings (SSSR count). The van der Waals surface area contributed by atoms with Crippen molar-refractivity contribution in [2.24, 2.45) is 0 Å². The van der Waals surface area contributed by atoms with E-state index >= 15 is 0 Å². The number of nitrogens with one attached hydrogen (secondary N) is 3. The summed E-state index contributed by atoms with van der Waals surface area (Å²) in [6.45, 7) is 2.60. The Morgan fingerprint density at radius 1 is 0.976 bits per heavy atom. The average Bonchev–Trinajstić information content (AvgIpc) is 3.73. The smallest absolute Gasteiger partial charge is 0.293 e. The van der Waals surface area contributed by atoms with E-state index in [1.165, 1.54) is 6.07 Å². The second kappa shape index (κ2) is 11.0. The number of aromatic amines is 1. The molecule has 3 fully saturated rings. The maximum atomic E-state index is 13.8. The summed E-state index contributed by atoms with van der Waals surface area (Å²) in [7, 11) is 2.01. The molecule has 214 valence electrons. The number of aromatic nitrogens is 1. The highest BCUT2D eigenvalue weighted by molar-refractivity contribution is 6.06. The topological polar surface area (TPSA) is 141 Å². The van der Waals surface area contributed by atoms with Crippen LogP contribution in [0.3, 0.4) is 0 Å². The van der Waals surface area contributed by atoms with Crippen LogP contribution in [0.5, 0.6) is 0 Å². The number of nitro groups is 1. The molecule has 1 aromatic heterocycles. The molecule has 2 atom stereocenters. The van der Waals surface area contributed by atoms with E-state index in [1.54, 1.807) is 35.2 Å². The van der Waals surface area contributed by atoms with Gasteiger partial charge in [0.05, 0.1) is 16.1 Å². The summed E-state index contributed by atoms with van der Waals surface area (Å²) >= 11 is 0. The molecule has 11 heteroatoms. The first-order valence-electron chi connectivity index (χ1n) is 14.3. The molecule has 0 bridgehead atoms. The van der Waals surface area contributed by atoms with Gasteiger partial charge in [-0.15, -0.1) is 0 Å². The number of hydrogen-bond acceptors (Lipinski definition) is 7. The van der Waals surface area contributed by atoms with Gasteiger partial charge in [0.25, 0.3) is 17.5 Å². The van der Waals surface area contributed by atoms with E-state index < -0.39 is 4.92 Å². The summed E-state index contributed by atoms with van der Waals surface area (Å²) in [6.07, 6.45) is 4.05. The van der Waals surface area contributed by atoms with Crippen LogP contribution in [-0.4, -0.2) is 76.8 Å². The maximum Gasteiger partial charge on any atom is 0.293 e. The van der Waals surface area contributed by atoms with Crippen molar-refractivity contribution >= 4 is 34.1 Å². The average molecular weight is 559 g/mol. The molecule has 11 nitrogen and oxygen atoms in total. The predicted molar refractivity (Wildman–Crippen MR) is 156 cm³/mol. The zero-order valence-corrected chi connectivity index (χ0v) is 23.0. The quantitative estimate of drug-likeness (QED) is 0.298. The number of rotatable bonds is 7. The third-order valence-corrected chi connectivity index (χ3v) is 8.56. The standard InChI is InChI=1S/C30H34N6O5/c1-34-11-13-35(14-12-34)30(39)22-15-19(18-9-10-18)16-26(36(40)41)28(22)32-24-7-4-8-25(24)33-29(38)21-17-27(37)31-23-6-3-2-5-20(21)23/h2-3,5-6,15-18,24-25,32H,4,7-14H2,1H3,(H,31,37)(H,33,38)/t24-,25+/m1/s1. The Hall–Kier alpha value is -4.25. The van der Waals surface area contributed by atoms with Crippen LogP contribution in [-0.2, 0) is 0 Å². The van der Waals surface area contributed by atoms with Crippen molar-refractivity contribution in [3.8, 4) is 0 Å². The number of H-pyrrole nitrogens is 1. The second-order valence-electron chi connectivity index (χ2n) is 11.4. The van der Waals surface area contributed by atoms with Crippen molar-refractivity contribution in [2.45, 2.75) is 50.1 Å². The van der Waals surface area contributed by atoms with E-state index in [2.05, 4.69) is 20.5 Å². The summed E-state index contributed by atoms with van der Waals surface area (Å²) in [6, 6.07) is 11.2. The summed E-state index contributed by atoms with van der Waals surface area (Å²) in [5.41, 5.74) is 1.75. The third-order valence-electron chi connectivity index (χ3n) is 8.56. The van der Waals surface area contributed by atoms with Gasteiger partial charge < -0.3 is 25.4 Å². The minimum absolute atomic E-state index is 0.107. The first kappa shape index (κ1) is 26.9. The molecule has 2 amide bonds. The Bertz CT molecular complexity index is 1570. The molecule has 2 aromatic carbocycles. The largest absolute Gasteiger partial charge is 0.374 e. The highest BCUT2D eigenvalue weighted by Gasteiger charge is 2.36. The van der Waals surface area contributed by atoms with Gasteiger partial charge in [0.15, 0.2) is 0 Å². The monoisotopic (exact) mass is 558 g/mol. The summed E-state index contributed by atoms with van der Waals surface area (Å²) < 4.78 is 0. The number of nitrogens with zero attached hydrogens (tertiary/aromatic N) is 3. The number of fused-ring (bicyclic) bond motifs is 1. The van der Waals surface area contributed by atoms with Crippen LogP contribution in [0.25, 0.3) is 10.9 Å². The van der Waals surface area contributed by atoms with E-state index in [-0.39, 0.29) is 52.3 Å². The first-order valence-corrected chi connectivity index (χ1v) is 14.3. The fraction of sp³-hybridized carbons (Fsp3) is 0.433. The lowest BCUT2D eigenvalue weighted by Gasteiger charge is -2.33. The van der Waals surface area contributed by atoms with Crippen LogP contribution < -0.4 is 16.2 Å². The first-order chi connectivity index (χ1) is 19.8. The van der Waals surface area contributed by atoms with Gasteiger partial charge in [0, 0.05) is 61.3 Å². The van der Waals surface area contributed by atoms with Crippen LogP contribution in [0.4, 0.5) is 11.4 Å². The lowest BCUT2D eigenvalue weighted by Crippen LogP contribution is -2.47. The highest BCUT2D eigenvalue weighted by Crippen LogP contribution is 2.44. The lowest BCUT2D eigenvalue weighted by atomic mass is 10.00. The molecule has 2 heterocycles. The normalized spacial score (nSPS) is 21.1. The van der Waals surface area contributed by atoms with E-state index in [0.717, 1.165) is 37.9 Å². The summed E-state index contributed by atoms with van der Waals surface area (Å²) in [5.74, 6) is -0.345. The molecule has 41 heavy (non-hydrogen) atoms. The molecule has 2 saturated carbocycles. The highest BCUT2D eigenvalue weighted by atomic mass is 16.6. The van der Waals surface area contributed by atoms with Gasteiger partial charge in [-0.2, -0.15) is 0 Å². The fourth-order valence-electron chi connectivity index (χ4n) is 6.07. The van der Waals surface area contributed by atoms with Gasteiger partial charge in [-0.1, -0.05) is 18.2 Å². The zero-order chi connectivity index (χ0) is 28.7. The number of nitro benzene ring substituents is 1.